The van der Waals surface area contributed by atoms with Gasteiger partial charge >= 0.3 is 0 Å². The van der Waals surface area contributed by atoms with Gasteiger partial charge in [-0.2, -0.15) is 22.1 Å². The number of aromatic nitrogens is 2. The molecule has 0 fully saturated rings. The Hall–Kier alpha value is -4.21. The summed E-state index contributed by atoms with van der Waals surface area (Å²) in [7, 11) is -8.29. The predicted molar refractivity (Wildman–Crippen MR) is 165 cm³/mol. The second-order valence-corrected chi connectivity index (χ2v) is 13.1. The summed E-state index contributed by atoms with van der Waals surface area (Å²) in [5.74, 6) is 0.710. The Morgan fingerprint density at radius 2 is 1.67 bits per heavy atom. The van der Waals surface area contributed by atoms with Crippen molar-refractivity contribution in [2.45, 2.75) is 39.8 Å². The molecular weight excluding hydrogens is 592 g/mol. The number of nitriles is 1. The average Bonchev–Trinajstić information content (AvgIpc) is 3.41. The van der Waals surface area contributed by atoms with Gasteiger partial charge in [-0.1, -0.05) is 12.1 Å². The summed E-state index contributed by atoms with van der Waals surface area (Å²) in [6, 6.07) is 12.8. The third-order valence-electron chi connectivity index (χ3n) is 7.15. The summed E-state index contributed by atoms with van der Waals surface area (Å²) in [6.07, 6.45) is 5.94. The van der Waals surface area contributed by atoms with Gasteiger partial charge in [-0.25, -0.2) is 14.0 Å². The van der Waals surface area contributed by atoms with Crippen molar-refractivity contribution in [3.63, 3.8) is 0 Å². The van der Waals surface area contributed by atoms with E-state index >= 15 is 0 Å². The minimum Gasteiger partial charge on any atom is -0.326 e. The van der Waals surface area contributed by atoms with Crippen LogP contribution in [-0.4, -0.2) is 55.1 Å². The smallest absolute Gasteiger partial charge is 0.282 e. The first-order chi connectivity index (χ1) is 20.4. The summed E-state index contributed by atoms with van der Waals surface area (Å²) >= 11 is 0. The highest BCUT2D eigenvalue weighted by Gasteiger charge is 2.30. The molecule has 0 spiro atoms. The lowest BCUT2D eigenvalue weighted by Crippen LogP contribution is -2.35. The van der Waals surface area contributed by atoms with Crippen LogP contribution in [-0.2, 0) is 33.3 Å². The van der Waals surface area contributed by atoms with E-state index in [4.69, 9.17) is 6.57 Å². The van der Waals surface area contributed by atoms with Crippen LogP contribution in [0.1, 0.15) is 38.1 Å². The van der Waals surface area contributed by atoms with Gasteiger partial charge in [0.05, 0.1) is 54.2 Å². The Bertz CT molecular complexity index is 1900. The minimum atomic E-state index is -4.15. The normalized spacial score (nSPS) is 14.5. The van der Waals surface area contributed by atoms with Crippen LogP contribution in [0.4, 0.5) is 17.1 Å². The fourth-order valence-corrected chi connectivity index (χ4v) is 6.36. The third-order valence-corrected chi connectivity index (χ3v) is 8.76. The summed E-state index contributed by atoms with van der Waals surface area (Å²) in [5, 5.41) is 9.48. The maximum atomic E-state index is 11.4. The van der Waals surface area contributed by atoms with Gasteiger partial charge in [0, 0.05) is 25.6 Å². The lowest BCUT2D eigenvalue weighted by atomic mass is 10.2. The Balaban J connectivity index is 1.79. The number of rotatable bonds is 12. The molecule has 3 aromatic rings. The molecular formula is C29H33N6O6S2+. The van der Waals surface area contributed by atoms with Crippen LogP contribution in [0, 0.1) is 17.9 Å². The highest BCUT2D eigenvalue weighted by atomic mass is 32.2. The van der Waals surface area contributed by atoms with E-state index in [-0.39, 0.29) is 25.9 Å². The van der Waals surface area contributed by atoms with E-state index in [0.29, 0.717) is 24.3 Å². The molecule has 0 saturated carbocycles. The van der Waals surface area contributed by atoms with Gasteiger partial charge in [0.2, 0.25) is 0 Å². The number of anilines is 2. The first-order valence-corrected chi connectivity index (χ1v) is 16.9. The Morgan fingerprint density at radius 1 is 0.977 bits per heavy atom. The van der Waals surface area contributed by atoms with Crippen molar-refractivity contribution in [2.75, 3.05) is 34.4 Å². The van der Waals surface area contributed by atoms with E-state index in [0.717, 1.165) is 34.1 Å². The number of hydrogen-bond donors (Lipinski definition) is 2. The van der Waals surface area contributed by atoms with Crippen molar-refractivity contribution in [1.29, 1.82) is 5.26 Å². The Kier molecular flexibility index (Phi) is 9.57. The van der Waals surface area contributed by atoms with Gasteiger partial charge in [0.25, 0.3) is 26.1 Å². The number of fused-ring (bicyclic) bond motifs is 2. The standard InChI is InChI=1S/C29H32N6O6S2/c1-4-32-24-13-11-22(21-30)19-26(24)34(15-7-17-42(36,37)38)28(32)9-6-10-29-33(5-2)25-14-12-23(31-3)20-27(25)35(29)16-8-18-43(39,40)41/h6,9-14,19-20H,4-5,7-8,15-18H2,1-2H3,(H-,36,37,38,39,40,41)/p+1. The zero-order valence-electron chi connectivity index (χ0n) is 23.9. The second kappa shape index (κ2) is 13.0. The van der Waals surface area contributed by atoms with Crippen LogP contribution in [0.5, 0.6) is 0 Å². The van der Waals surface area contributed by atoms with Crippen LogP contribution in [0.2, 0.25) is 0 Å². The summed E-state index contributed by atoms with van der Waals surface area (Å²) in [5.41, 5.74) is 4.16. The second-order valence-electron chi connectivity index (χ2n) is 9.91. The third kappa shape index (κ3) is 7.24. The number of benzene rings is 2. The first kappa shape index (κ1) is 31.7. The minimum absolute atomic E-state index is 0.162. The van der Waals surface area contributed by atoms with E-state index in [9.17, 15) is 31.2 Å². The average molecular weight is 626 g/mol. The summed E-state index contributed by atoms with van der Waals surface area (Å²) in [4.78, 5) is 7.51. The van der Waals surface area contributed by atoms with Gasteiger partial charge in [0.15, 0.2) is 16.7 Å². The van der Waals surface area contributed by atoms with E-state index in [1.807, 2.05) is 58.6 Å². The number of imidazole rings is 1. The van der Waals surface area contributed by atoms with E-state index in [1.165, 1.54) is 0 Å². The SMILES string of the molecule is [C-]#[N+]c1ccc2c(c1)n(CCCS(=O)(=O)O)c(/C=C/C=C1\N(CC)c3ccc(C#N)cc3N1CCCS(=O)(=O)O)[n+]2CC. The zero-order chi connectivity index (χ0) is 31.4. The molecule has 226 valence electrons. The van der Waals surface area contributed by atoms with Gasteiger partial charge in [-0.05, 0) is 56.7 Å². The van der Waals surface area contributed by atoms with Crippen LogP contribution >= 0.6 is 0 Å². The molecule has 1 aliphatic rings. The highest BCUT2D eigenvalue weighted by Crippen LogP contribution is 2.42. The fraction of sp³-hybridized carbons (Fsp3) is 0.345. The topological polar surface area (TPSA) is 152 Å². The number of nitrogens with zero attached hydrogens (tertiary/aromatic N) is 6. The molecule has 1 aromatic heterocycles. The summed E-state index contributed by atoms with van der Waals surface area (Å²) in [6.45, 7) is 13.2. The molecule has 0 amide bonds. The lowest BCUT2D eigenvalue weighted by Gasteiger charge is -2.24. The highest BCUT2D eigenvalue weighted by molar-refractivity contribution is 7.86. The molecule has 12 nitrogen and oxygen atoms in total. The maximum Gasteiger partial charge on any atom is 0.282 e. The number of aryl methyl sites for hydroxylation is 2. The van der Waals surface area contributed by atoms with Crippen molar-refractivity contribution >= 4 is 54.4 Å². The monoisotopic (exact) mass is 625 g/mol. The molecule has 43 heavy (non-hydrogen) atoms. The quantitative estimate of drug-likeness (QED) is 0.172. The molecule has 4 rings (SSSR count). The molecule has 2 aromatic carbocycles. The van der Waals surface area contributed by atoms with Crippen molar-refractivity contribution in [3.8, 4) is 6.07 Å². The van der Waals surface area contributed by atoms with E-state index in [2.05, 4.69) is 15.5 Å². The molecule has 14 heteroatoms. The van der Waals surface area contributed by atoms with E-state index < -0.39 is 31.7 Å². The maximum absolute atomic E-state index is 11.4. The number of allylic oxidation sites excluding steroid dienone is 2. The van der Waals surface area contributed by atoms with Crippen molar-refractivity contribution in [3.05, 3.63) is 77.2 Å². The molecule has 2 N–H and O–H groups in total. The van der Waals surface area contributed by atoms with Crippen LogP contribution in [0.15, 0.2) is 54.4 Å². The van der Waals surface area contributed by atoms with Crippen LogP contribution < -0.4 is 14.4 Å². The van der Waals surface area contributed by atoms with Gasteiger partial charge < -0.3 is 9.80 Å². The van der Waals surface area contributed by atoms with Gasteiger partial charge in [0.1, 0.15) is 5.82 Å². The molecule has 0 unspecified atom stereocenters. The predicted octanol–water partition coefficient (Wildman–Crippen LogP) is 4.13. The molecule has 2 heterocycles. The number of hydrogen-bond acceptors (Lipinski definition) is 7. The zero-order valence-corrected chi connectivity index (χ0v) is 25.5. The van der Waals surface area contributed by atoms with Crippen molar-refractivity contribution in [1.82, 2.24) is 4.57 Å². The van der Waals surface area contributed by atoms with E-state index in [1.54, 1.807) is 24.3 Å². The largest absolute Gasteiger partial charge is 0.326 e. The molecule has 0 bridgehead atoms. The van der Waals surface area contributed by atoms with Gasteiger partial charge in [-0.15, -0.1) is 0 Å². The Morgan fingerprint density at radius 3 is 2.28 bits per heavy atom. The molecule has 0 atom stereocenters. The van der Waals surface area contributed by atoms with Crippen LogP contribution in [0.3, 0.4) is 0 Å². The molecule has 0 aliphatic carbocycles. The summed E-state index contributed by atoms with van der Waals surface area (Å²) < 4.78 is 68.2. The van der Waals surface area contributed by atoms with Crippen LogP contribution in [0.25, 0.3) is 22.0 Å². The lowest BCUT2D eigenvalue weighted by molar-refractivity contribution is -0.670. The van der Waals surface area contributed by atoms with Crippen molar-refractivity contribution in [2.24, 2.45) is 0 Å². The molecule has 0 saturated heterocycles. The molecule has 1 aliphatic heterocycles. The molecule has 0 radical (unpaired) electrons. The first-order valence-electron chi connectivity index (χ1n) is 13.7. The van der Waals surface area contributed by atoms with Gasteiger partial charge in [-0.3, -0.25) is 9.11 Å². The van der Waals surface area contributed by atoms with Crippen molar-refractivity contribution < 1.29 is 30.5 Å². The fourth-order valence-electron chi connectivity index (χ4n) is 5.37. The Labute approximate surface area is 251 Å².